The number of nitrogens with zero attached hydrogens (tertiary/aromatic N) is 1. The van der Waals surface area contributed by atoms with Gasteiger partial charge in [0.2, 0.25) is 0 Å². The second-order valence-corrected chi connectivity index (χ2v) is 9.41. The number of sulfone groups is 1. The molecule has 1 fully saturated rings. The number of hydrogen-bond acceptors (Lipinski definition) is 4. The molecule has 1 aromatic heterocycles. The van der Waals surface area contributed by atoms with Crippen LogP contribution in [-0.4, -0.2) is 43.3 Å². The molecule has 6 heteroatoms. The van der Waals surface area contributed by atoms with E-state index in [1.165, 1.54) is 0 Å². The van der Waals surface area contributed by atoms with Crippen LogP contribution in [0, 0.1) is 6.92 Å². The third kappa shape index (κ3) is 3.26. The Morgan fingerprint density at radius 3 is 2.58 bits per heavy atom. The molecular formula is C18H21NO3S2. The van der Waals surface area contributed by atoms with Gasteiger partial charge in [-0.15, -0.1) is 11.3 Å². The smallest absolute Gasteiger partial charge is 0.255 e. The molecule has 128 valence electrons. The van der Waals surface area contributed by atoms with Gasteiger partial charge in [0, 0.05) is 28.4 Å². The normalized spacial score (nSPS) is 19.3. The van der Waals surface area contributed by atoms with Crippen molar-refractivity contribution in [3.63, 3.8) is 0 Å². The summed E-state index contributed by atoms with van der Waals surface area (Å²) in [6.45, 7) is 4.44. The van der Waals surface area contributed by atoms with Gasteiger partial charge in [0.25, 0.3) is 5.91 Å². The van der Waals surface area contributed by atoms with Crippen LogP contribution in [0.2, 0.25) is 0 Å². The summed E-state index contributed by atoms with van der Waals surface area (Å²) in [5, 5.41) is 1.89. The van der Waals surface area contributed by atoms with Gasteiger partial charge in [-0.2, -0.15) is 0 Å². The summed E-state index contributed by atoms with van der Waals surface area (Å²) in [5.41, 5.74) is 2.66. The van der Waals surface area contributed by atoms with Gasteiger partial charge in [-0.1, -0.05) is 30.3 Å². The summed E-state index contributed by atoms with van der Waals surface area (Å²) in [4.78, 5) is 15.9. The average molecular weight is 364 g/mol. The van der Waals surface area contributed by atoms with Crippen molar-refractivity contribution >= 4 is 27.1 Å². The fourth-order valence-electron chi connectivity index (χ4n) is 3.32. The number of thiophene rings is 1. The molecule has 3 rings (SSSR count). The van der Waals surface area contributed by atoms with E-state index in [9.17, 15) is 13.2 Å². The number of carbonyl (C=O) groups is 1. The zero-order valence-corrected chi connectivity index (χ0v) is 15.5. The van der Waals surface area contributed by atoms with Crippen molar-refractivity contribution in [1.82, 2.24) is 4.90 Å². The first-order valence-corrected chi connectivity index (χ1v) is 10.8. The molecular weight excluding hydrogens is 342 g/mol. The lowest BCUT2D eigenvalue weighted by molar-refractivity contribution is 0.0709. The zero-order chi connectivity index (χ0) is 17.3. The van der Waals surface area contributed by atoms with Crippen LogP contribution in [0.4, 0.5) is 0 Å². The van der Waals surface area contributed by atoms with Crippen molar-refractivity contribution < 1.29 is 13.2 Å². The van der Waals surface area contributed by atoms with E-state index in [1.54, 1.807) is 16.2 Å². The second-order valence-electron chi connectivity index (χ2n) is 6.09. The standard InChI is InChI=1S/C18H21NO3S2/c1-3-19(15-9-10-24(21,22)12-15)18(20)16-11-23-13(2)17(16)14-7-5-4-6-8-14/h4-8,11,15H,3,9-10,12H2,1-2H3/t15-/m0/s1. The van der Waals surface area contributed by atoms with Crippen LogP contribution in [0.25, 0.3) is 11.1 Å². The maximum atomic E-state index is 13.1. The second kappa shape index (κ2) is 6.69. The molecule has 0 N–H and O–H groups in total. The van der Waals surface area contributed by atoms with Crippen molar-refractivity contribution in [2.45, 2.75) is 26.3 Å². The summed E-state index contributed by atoms with van der Waals surface area (Å²) in [6, 6.07) is 9.67. The zero-order valence-electron chi connectivity index (χ0n) is 13.9. The molecule has 0 unspecified atom stereocenters. The van der Waals surface area contributed by atoms with Crippen LogP contribution >= 0.6 is 11.3 Å². The highest BCUT2D eigenvalue weighted by Gasteiger charge is 2.35. The van der Waals surface area contributed by atoms with Crippen LogP contribution in [-0.2, 0) is 9.84 Å². The van der Waals surface area contributed by atoms with Crippen LogP contribution < -0.4 is 0 Å². The summed E-state index contributed by atoms with van der Waals surface area (Å²) in [7, 11) is -3.01. The predicted octanol–water partition coefficient (Wildman–Crippen LogP) is 3.37. The van der Waals surface area contributed by atoms with Crippen LogP contribution in [0.5, 0.6) is 0 Å². The van der Waals surface area contributed by atoms with Crippen molar-refractivity contribution in [2.75, 3.05) is 18.1 Å². The molecule has 2 heterocycles. The molecule has 4 nitrogen and oxygen atoms in total. The van der Waals surface area contributed by atoms with E-state index in [0.717, 1.165) is 16.0 Å². The minimum absolute atomic E-state index is 0.0668. The van der Waals surface area contributed by atoms with E-state index in [0.29, 0.717) is 18.5 Å². The quantitative estimate of drug-likeness (QED) is 0.837. The molecule has 1 aromatic carbocycles. The maximum absolute atomic E-state index is 13.1. The molecule has 2 aromatic rings. The van der Waals surface area contributed by atoms with E-state index in [4.69, 9.17) is 0 Å². The van der Waals surface area contributed by atoms with Crippen LogP contribution in [0.15, 0.2) is 35.7 Å². The minimum atomic E-state index is -3.01. The minimum Gasteiger partial charge on any atom is -0.335 e. The number of rotatable bonds is 4. The van der Waals surface area contributed by atoms with Crippen molar-refractivity contribution in [3.05, 3.63) is 46.2 Å². The highest BCUT2D eigenvalue weighted by Crippen LogP contribution is 2.34. The third-order valence-electron chi connectivity index (χ3n) is 4.52. The number of hydrogen-bond donors (Lipinski definition) is 0. The van der Waals surface area contributed by atoms with Gasteiger partial charge >= 0.3 is 0 Å². The molecule has 0 saturated carbocycles. The highest BCUT2D eigenvalue weighted by molar-refractivity contribution is 7.91. The first kappa shape index (κ1) is 17.2. The van der Waals surface area contributed by atoms with Gasteiger partial charge in [0.15, 0.2) is 9.84 Å². The van der Waals surface area contributed by atoms with E-state index in [-0.39, 0.29) is 23.5 Å². The molecule has 0 aliphatic carbocycles. The molecule has 24 heavy (non-hydrogen) atoms. The fourth-order valence-corrected chi connectivity index (χ4v) is 5.91. The maximum Gasteiger partial charge on any atom is 0.255 e. The molecule has 1 aliphatic heterocycles. The van der Waals surface area contributed by atoms with Crippen LogP contribution in [0.3, 0.4) is 0 Å². The Hall–Kier alpha value is -1.66. The molecule has 1 amide bonds. The Bertz CT molecular complexity index is 840. The molecule has 0 spiro atoms. The summed E-state index contributed by atoms with van der Waals surface area (Å²) in [5.74, 6) is 0.189. The first-order chi connectivity index (χ1) is 11.4. The first-order valence-electron chi connectivity index (χ1n) is 8.08. The van der Waals surface area contributed by atoms with Gasteiger partial charge < -0.3 is 4.90 Å². The van der Waals surface area contributed by atoms with Gasteiger partial charge in [0.05, 0.1) is 17.1 Å². The monoisotopic (exact) mass is 363 g/mol. The van der Waals surface area contributed by atoms with Gasteiger partial charge in [0.1, 0.15) is 0 Å². The molecule has 0 radical (unpaired) electrons. The predicted molar refractivity (Wildman–Crippen MR) is 98.3 cm³/mol. The third-order valence-corrected chi connectivity index (χ3v) is 7.18. The topological polar surface area (TPSA) is 54.5 Å². The van der Waals surface area contributed by atoms with E-state index in [1.807, 2.05) is 49.6 Å². The van der Waals surface area contributed by atoms with Gasteiger partial charge in [-0.25, -0.2) is 8.42 Å². The lowest BCUT2D eigenvalue weighted by Crippen LogP contribution is -2.41. The van der Waals surface area contributed by atoms with E-state index in [2.05, 4.69) is 0 Å². The van der Waals surface area contributed by atoms with E-state index < -0.39 is 9.84 Å². The number of amides is 1. The number of benzene rings is 1. The van der Waals surface area contributed by atoms with E-state index >= 15 is 0 Å². The Kier molecular flexibility index (Phi) is 4.78. The SMILES string of the molecule is CCN(C(=O)c1csc(C)c1-c1ccccc1)[C@H]1CCS(=O)(=O)C1. The summed E-state index contributed by atoms with van der Waals surface area (Å²) in [6.07, 6.45) is 0.533. The molecule has 0 bridgehead atoms. The summed E-state index contributed by atoms with van der Waals surface area (Å²) >= 11 is 1.56. The Morgan fingerprint density at radius 2 is 2.00 bits per heavy atom. The largest absolute Gasteiger partial charge is 0.335 e. The van der Waals surface area contributed by atoms with Gasteiger partial charge in [-0.3, -0.25) is 4.79 Å². The average Bonchev–Trinajstić information content (AvgIpc) is 3.11. The molecule has 1 atom stereocenters. The lowest BCUT2D eigenvalue weighted by atomic mass is 10.0. The van der Waals surface area contributed by atoms with Crippen molar-refractivity contribution in [3.8, 4) is 11.1 Å². The van der Waals surface area contributed by atoms with Crippen molar-refractivity contribution in [2.24, 2.45) is 0 Å². The Labute approximate surface area is 147 Å². The Balaban J connectivity index is 1.96. The number of carbonyl (C=O) groups excluding carboxylic acids is 1. The Morgan fingerprint density at radius 1 is 1.29 bits per heavy atom. The van der Waals surface area contributed by atoms with Crippen LogP contribution in [0.1, 0.15) is 28.6 Å². The molecule has 1 saturated heterocycles. The molecule has 1 aliphatic rings. The summed E-state index contributed by atoms with van der Waals surface area (Å²) < 4.78 is 23.6. The van der Waals surface area contributed by atoms with Crippen molar-refractivity contribution in [1.29, 1.82) is 0 Å². The highest BCUT2D eigenvalue weighted by atomic mass is 32.2. The lowest BCUT2D eigenvalue weighted by Gasteiger charge is -2.27. The van der Waals surface area contributed by atoms with Gasteiger partial charge in [-0.05, 0) is 25.8 Å². The number of aryl methyl sites for hydroxylation is 1. The fraction of sp³-hybridized carbons (Fsp3) is 0.389.